The number of nitrogens with zero attached hydrogens (tertiary/aromatic N) is 2. The van der Waals surface area contributed by atoms with Gasteiger partial charge < -0.3 is 9.32 Å². The Kier molecular flexibility index (Phi) is 5.54. The molecule has 3 heterocycles. The fraction of sp³-hybridized carbons (Fsp3) is 0.217. The second kappa shape index (κ2) is 8.50. The quantitative estimate of drug-likeness (QED) is 0.476. The third kappa shape index (κ3) is 4.19. The van der Waals surface area contributed by atoms with Crippen molar-refractivity contribution in [3.05, 3.63) is 72.5 Å². The first-order chi connectivity index (χ1) is 15.5. The molecule has 1 aliphatic rings. The first kappa shape index (κ1) is 20.9. The molecule has 0 spiro atoms. The summed E-state index contributed by atoms with van der Waals surface area (Å²) in [5, 5.41) is 0.735. The van der Waals surface area contributed by atoms with Crippen molar-refractivity contribution in [1.29, 1.82) is 0 Å². The number of furan rings is 1. The van der Waals surface area contributed by atoms with E-state index in [1.165, 1.54) is 11.3 Å². The number of piperidine rings is 1. The molecule has 0 atom stereocenters. The molecule has 5 rings (SSSR count). The van der Waals surface area contributed by atoms with Crippen LogP contribution >= 0.6 is 11.3 Å². The molecule has 9 heteroatoms. The zero-order chi connectivity index (χ0) is 22.1. The van der Waals surface area contributed by atoms with Crippen molar-refractivity contribution in [2.24, 2.45) is 0 Å². The molecule has 1 N–H and O–H groups in total. The number of aromatic nitrogens is 1. The zero-order valence-electron chi connectivity index (χ0n) is 17.1. The predicted molar refractivity (Wildman–Crippen MR) is 123 cm³/mol. The van der Waals surface area contributed by atoms with Gasteiger partial charge in [0.25, 0.3) is 5.91 Å². The first-order valence-electron chi connectivity index (χ1n) is 10.3. The molecule has 1 saturated heterocycles. The van der Waals surface area contributed by atoms with E-state index < -0.39 is 10.0 Å². The third-order valence-electron chi connectivity index (χ3n) is 5.48. The number of carbonyl (C=O) groups excluding carboxylic acids is 1. The topological polar surface area (TPSA) is 92.5 Å². The molecule has 0 aliphatic carbocycles. The molecule has 1 fully saturated rings. The van der Waals surface area contributed by atoms with E-state index in [0.717, 1.165) is 15.2 Å². The lowest BCUT2D eigenvalue weighted by Crippen LogP contribution is -2.46. The first-order valence-corrected chi connectivity index (χ1v) is 12.6. The van der Waals surface area contributed by atoms with Crippen LogP contribution in [0, 0.1) is 0 Å². The average molecular weight is 468 g/mol. The maximum Gasteiger partial charge on any atom is 0.289 e. The number of amides is 1. The summed E-state index contributed by atoms with van der Waals surface area (Å²) >= 11 is 1.52. The monoisotopic (exact) mass is 467 g/mol. The number of fused-ring (bicyclic) bond motifs is 1. The number of hydrogen-bond donors (Lipinski definition) is 1. The van der Waals surface area contributed by atoms with Crippen LogP contribution in [-0.2, 0) is 10.0 Å². The highest BCUT2D eigenvalue weighted by Crippen LogP contribution is 2.31. The second-order valence-electron chi connectivity index (χ2n) is 7.65. The molecule has 0 unspecified atom stereocenters. The smallest absolute Gasteiger partial charge is 0.289 e. The Bertz CT molecular complexity index is 1320. The molecule has 0 bridgehead atoms. The lowest BCUT2D eigenvalue weighted by molar-refractivity contribution is 0.0680. The largest absolute Gasteiger partial charge is 0.448 e. The fourth-order valence-electron chi connectivity index (χ4n) is 3.79. The molecule has 0 saturated carbocycles. The Morgan fingerprint density at radius 2 is 1.72 bits per heavy atom. The highest BCUT2D eigenvalue weighted by atomic mass is 32.2. The normalized spacial score (nSPS) is 15.3. The van der Waals surface area contributed by atoms with Gasteiger partial charge in [0, 0.05) is 19.1 Å². The van der Waals surface area contributed by atoms with Crippen LogP contribution in [0.4, 0.5) is 0 Å². The summed E-state index contributed by atoms with van der Waals surface area (Å²) < 4.78 is 34.7. The van der Waals surface area contributed by atoms with Crippen LogP contribution in [0.3, 0.4) is 0 Å². The molecule has 4 aromatic rings. The number of benzene rings is 2. The van der Waals surface area contributed by atoms with E-state index in [9.17, 15) is 13.2 Å². The summed E-state index contributed by atoms with van der Waals surface area (Å²) in [6.45, 7) is 0.913. The molecular formula is C23H21N3O4S2. The minimum atomic E-state index is -3.57. The van der Waals surface area contributed by atoms with Crippen molar-refractivity contribution < 1.29 is 17.6 Å². The number of carbonyl (C=O) groups is 1. The Hall–Kier alpha value is -3.01. The Balaban J connectivity index is 1.22. The minimum absolute atomic E-state index is 0.193. The van der Waals surface area contributed by atoms with E-state index in [2.05, 4.69) is 9.71 Å². The van der Waals surface area contributed by atoms with Crippen molar-refractivity contribution in [3.8, 4) is 10.8 Å². The highest BCUT2D eigenvalue weighted by Gasteiger charge is 2.28. The van der Waals surface area contributed by atoms with Crippen LogP contribution < -0.4 is 4.72 Å². The van der Waals surface area contributed by atoms with Gasteiger partial charge in [-0.2, -0.15) is 0 Å². The van der Waals surface area contributed by atoms with Crippen molar-refractivity contribution in [3.63, 3.8) is 0 Å². The summed E-state index contributed by atoms with van der Waals surface area (Å²) in [6.07, 6.45) is 1.09. The van der Waals surface area contributed by atoms with Gasteiger partial charge in [0.15, 0.2) is 16.5 Å². The lowest BCUT2D eigenvalue weighted by atomic mass is 10.1. The van der Waals surface area contributed by atoms with Crippen molar-refractivity contribution in [2.45, 2.75) is 23.8 Å². The van der Waals surface area contributed by atoms with Gasteiger partial charge >= 0.3 is 0 Å². The van der Waals surface area contributed by atoms with Crippen molar-refractivity contribution in [1.82, 2.24) is 14.6 Å². The summed E-state index contributed by atoms with van der Waals surface area (Å²) in [4.78, 5) is 19.4. The van der Waals surface area contributed by atoms with Gasteiger partial charge in [-0.15, -0.1) is 11.3 Å². The lowest BCUT2D eigenvalue weighted by Gasteiger charge is -2.31. The molecule has 164 valence electrons. The average Bonchev–Trinajstić information content (AvgIpc) is 3.47. The molecule has 1 amide bonds. The maximum atomic E-state index is 12.9. The van der Waals surface area contributed by atoms with Gasteiger partial charge in [-0.25, -0.2) is 18.1 Å². The molecule has 0 radical (unpaired) electrons. The number of rotatable bonds is 5. The van der Waals surface area contributed by atoms with E-state index in [-0.39, 0.29) is 22.6 Å². The standard InChI is InChI=1S/C23H21N3O4S2/c27-23(20-11-10-19(30-20)22-24-18-8-4-5-9-21(18)31-22)26-14-12-16(13-15-26)25-32(28,29)17-6-2-1-3-7-17/h1-11,16,25H,12-15H2. The highest BCUT2D eigenvalue weighted by molar-refractivity contribution is 7.89. The second-order valence-corrected chi connectivity index (χ2v) is 10.4. The van der Waals surface area contributed by atoms with Crippen LogP contribution in [0.1, 0.15) is 23.4 Å². The van der Waals surface area contributed by atoms with Gasteiger partial charge in [0.05, 0.1) is 15.1 Å². The van der Waals surface area contributed by atoms with Gasteiger partial charge in [-0.1, -0.05) is 30.3 Å². The third-order valence-corrected chi connectivity index (χ3v) is 8.07. The van der Waals surface area contributed by atoms with Crippen LogP contribution in [0.15, 0.2) is 76.0 Å². The van der Waals surface area contributed by atoms with Crippen molar-refractivity contribution in [2.75, 3.05) is 13.1 Å². The number of thiazole rings is 1. The molecule has 32 heavy (non-hydrogen) atoms. The molecule has 2 aromatic carbocycles. The number of hydrogen-bond acceptors (Lipinski definition) is 6. The predicted octanol–water partition coefficient (Wildman–Crippen LogP) is 4.14. The summed E-state index contributed by atoms with van der Waals surface area (Å²) in [6, 6.07) is 19.4. The Morgan fingerprint density at radius 1 is 1.00 bits per heavy atom. The van der Waals surface area contributed by atoms with E-state index >= 15 is 0 Å². The van der Waals surface area contributed by atoms with Crippen LogP contribution in [-0.4, -0.2) is 43.3 Å². The van der Waals surface area contributed by atoms with Crippen LogP contribution in [0.25, 0.3) is 21.0 Å². The molecule has 1 aliphatic heterocycles. The Labute approximate surface area is 189 Å². The minimum Gasteiger partial charge on any atom is -0.448 e. The van der Waals surface area contributed by atoms with E-state index in [4.69, 9.17) is 4.42 Å². The number of para-hydroxylation sites is 1. The van der Waals surface area contributed by atoms with Gasteiger partial charge in [-0.3, -0.25) is 4.79 Å². The zero-order valence-corrected chi connectivity index (χ0v) is 18.7. The molecule has 2 aromatic heterocycles. The van der Waals surface area contributed by atoms with Crippen LogP contribution in [0.5, 0.6) is 0 Å². The number of likely N-dealkylation sites (tertiary alicyclic amines) is 1. The molecule has 7 nitrogen and oxygen atoms in total. The maximum absolute atomic E-state index is 12.9. The number of sulfonamides is 1. The fourth-order valence-corrected chi connectivity index (χ4v) is 6.04. The van der Waals surface area contributed by atoms with Gasteiger partial charge in [0.1, 0.15) is 0 Å². The van der Waals surface area contributed by atoms with E-state index in [1.807, 2.05) is 24.3 Å². The van der Waals surface area contributed by atoms with Crippen LogP contribution in [0.2, 0.25) is 0 Å². The Morgan fingerprint density at radius 3 is 2.47 bits per heavy atom. The summed E-state index contributed by atoms with van der Waals surface area (Å²) in [5.74, 6) is 0.643. The van der Waals surface area contributed by atoms with E-state index in [0.29, 0.717) is 31.7 Å². The SMILES string of the molecule is O=C(c1ccc(-c2nc3ccccc3s2)o1)N1CCC(NS(=O)(=O)c2ccccc2)CC1. The van der Waals surface area contributed by atoms with Crippen molar-refractivity contribution >= 4 is 37.5 Å². The van der Waals surface area contributed by atoms with Gasteiger partial charge in [-0.05, 0) is 49.2 Å². The number of nitrogens with one attached hydrogen (secondary N) is 1. The summed E-state index contributed by atoms with van der Waals surface area (Å²) in [5.41, 5.74) is 0.900. The summed E-state index contributed by atoms with van der Waals surface area (Å²) in [7, 11) is -3.57. The molecular weight excluding hydrogens is 446 g/mol. The van der Waals surface area contributed by atoms with Gasteiger partial charge in [0.2, 0.25) is 10.0 Å². The van der Waals surface area contributed by atoms with E-state index in [1.54, 1.807) is 47.4 Å².